The van der Waals surface area contributed by atoms with Gasteiger partial charge >= 0.3 is 0 Å². The summed E-state index contributed by atoms with van der Waals surface area (Å²) in [7, 11) is 0. The lowest BCUT2D eigenvalue weighted by molar-refractivity contribution is -0.120. The second kappa shape index (κ2) is 5.39. The maximum absolute atomic E-state index is 12.0. The summed E-state index contributed by atoms with van der Waals surface area (Å²) in [5.74, 6) is 2.63. The van der Waals surface area contributed by atoms with Crippen LogP contribution in [0.4, 0.5) is 5.69 Å². The molecule has 0 aromatic heterocycles. The van der Waals surface area contributed by atoms with Gasteiger partial charge in [0.25, 0.3) is 0 Å². The molecule has 1 saturated heterocycles. The van der Waals surface area contributed by atoms with Crippen molar-refractivity contribution in [2.75, 3.05) is 16.8 Å². The Morgan fingerprint density at radius 1 is 1.31 bits per heavy atom. The number of hydrogen-bond acceptors (Lipinski definition) is 2. The van der Waals surface area contributed by atoms with E-state index in [1.165, 1.54) is 0 Å². The second-order valence-corrected chi connectivity index (χ2v) is 5.42. The van der Waals surface area contributed by atoms with Crippen molar-refractivity contribution in [3.63, 3.8) is 0 Å². The first-order valence-electron chi connectivity index (χ1n) is 5.71. The number of nitrogens with one attached hydrogen (secondary N) is 1. The van der Waals surface area contributed by atoms with Crippen molar-refractivity contribution in [2.45, 2.75) is 19.8 Å². The topological polar surface area (TPSA) is 29.1 Å². The zero-order chi connectivity index (χ0) is 11.4. The number of benzene rings is 1. The van der Waals surface area contributed by atoms with Crippen LogP contribution >= 0.6 is 11.8 Å². The van der Waals surface area contributed by atoms with E-state index in [9.17, 15) is 4.79 Å². The number of amides is 1. The molecule has 0 radical (unpaired) electrons. The highest BCUT2D eigenvalue weighted by Crippen LogP contribution is 2.24. The molecule has 1 aromatic carbocycles. The van der Waals surface area contributed by atoms with Gasteiger partial charge in [-0.3, -0.25) is 4.79 Å². The zero-order valence-corrected chi connectivity index (χ0v) is 10.3. The summed E-state index contributed by atoms with van der Waals surface area (Å²) in [6.45, 7) is 2.02. The monoisotopic (exact) mass is 235 g/mol. The van der Waals surface area contributed by atoms with Crippen LogP contribution < -0.4 is 5.32 Å². The van der Waals surface area contributed by atoms with Crippen LogP contribution in [0.2, 0.25) is 0 Å². The molecule has 1 N–H and O–H groups in total. The molecule has 2 nitrogen and oxygen atoms in total. The van der Waals surface area contributed by atoms with Gasteiger partial charge < -0.3 is 5.32 Å². The molecule has 0 aliphatic carbocycles. The van der Waals surface area contributed by atoms with Crippen LogP contribution in [-0.4, -0.2) is 17.4 Å². The minimum Gasteiger partial charge on any atom is -0.326 e. The highest BCUT2D eigenvalue weighted by atomic mass is 32.2. The predicted molar refractivity (Wildman–Crippen MR) is 69.9 cm³/mol. The van der Waals surface area contributed by atoms with E-state index in [4.69, 9.17) is 0 Å². The van der Waals surface area contributed by atoms with Gasteiger partial charge in [-0.05, 0) is 42.9 Å². The fraction of sp³-hybridized carbons (Fsp3) is 0.462. The number of carbonyl (C=O) groups is 1. The summed E-state index contributed by atoms with van der Waals surface area (Å²) in [6, 6.07) is 7.93. The van der Waals surface area contributed by atoms with Gasteiger partial charge in [0, 0.05) is 11.6 Å². The molecule has 1 heterocycles. The Morgan fingerprint density at radius 3 is 2.69 bits per heavy atom. The molecule has 1 aromatic rings. The molecule has 0 saturated carbocycles. The molecule has 1 amide bonds. The van der Waals surface area contributed by atoms with Crippen molar-refractivity contribution in [1.29, 1.82) is 0 Å². The highest BCUT2D eigenvalue weighted by Gasteiger charge is 2.21. The molecule has 0 spiro atoms. The Hall–Kier alpha value is -0.960. The smallest absolute Gasteiger partial charge is 0.227 e. The van der Waals surface area contributed by atoms with Crippen molar-refractivity contribution in [2.24, 2.45) is 5.92 Å². The first-order valence-corrected chi connectivity index (χ1v) is 6.87. The van der Waals surface area contributed by atoms with Crippen molar-refractivity contribution in [3.8, 4) is 0 Å². The third-order valence-corrected chi connectivity index (χ3v) is 4.04. The van der Waals surface area contributed by atoms with Crippen LogP contribution in [0.1, 0.15) is 18.4 Å². The van der Waals surface area contributed by atoms with Crippen molar-refractivity contribution >= 4 is 23.4 Å². The summed E-state index contributed by atoms with van der Waals surface area (Å²) in [4.78, 5) is 12.0. The quantitative estimate of drug-likeness (QED) is 0.853. The average molecular weight is 235 g/mol. The zero-order valence-electron chi connectivity index (χ0n) is 9.53. The summed E-state index contributed by atoms with van der Waals surface area (Å²) < 4.78 is 0. The van der Waals surface area contributed by atoms with Gasteiger partial charge in [0.1, 0.15) is 0 Å². The molecule has 1 fully saturated rings. The highest BCUT2D eigenvalue weighted by molar-refractivity contribution is 7.99. The lowest BCUT2D eigenvalue weighted by atomic mass is 10.0. The number of anilines is 1. The maximum atomic E-state index is 12.0. The van der Waals surface area contributed by atoms with Crippen molar-refractivity contribution < 1.29 is 4.79 Å². The van der Waals surface area contributed by atoms with E-state index in [1.807, 2.05) is 43.0 Å². The van der Waals surface area contributed by atoms with Crippen LogP contribution in [0.5, 0.6) is 0 Å². The summed E-state index contributed by atoms with van der Waals surface area (Å²) in [5.41, 5.74) is 2.08. The first-order chi connectivity index (χ1) is 7.77. The van der Waals surface area contributed by atoms with E-state index < -0.39 is 0 Å². The summed E-state index contributed by atoms with van der Waals surface area (Å²) >= 11 is 1.95. The maximum Gasteiger partial charge on any atom is 0.227 e. The van der Waals surface area contributed by atoms with E-state index >= 15 is 0 Å². The molecular weight excluding hydrogens is 218 g/mol. The van der Waals surface area contributed by atoms with Gasteiger partial charge in [0.2, 0.25) is 5.91 Å². The first kappa shape index (κ1) is 11.5. The van der Waals surface area contributed by atoms with Gasteiger partial charge in [-0.1, -0.05) is 18.2 Å². The summed E-state index contributed by atoms with van der Waals surface area (Å²) in [5, 5.41) is 3.03. The van der Waals surface area contributed by atoms with Gasteiger partial charge in [-0.2, -0.15) is 11.8 Å². The molecule has 0 atom stereocenters. The van der Waals surface area contributed by atoms with E-state index in [-0.39, 0.29) is 11.8 Å². The Balaban J connectivity index is 1.99. The second-order valence-electron chi connectivity index (χ2n) is 4.19. The SMILES string of the molecule is Cc1ccccc1NC(=O)C1CCSCC1. The fourth-order valence-electron chi connectivity index (χ4n) is 1.91. The Labute approximate surface area is 101 Å². The largest absolute Gasteiger partial charge is 0.326 e. The number of carbonyl (C=O) groups excluding carboxylic acids is 1. The van der Waals surface area contributed by atoms with Crippen LogP contribution in [0.3, 0.4) is 0 Å². The lowest BCUT2D eigenvalue weighted by Crippen LogP contribution is -2.26. The Morgan fingerprint density at radius 2 is 2.00 bits per heavy atom. The van der Waals surface area contributed by atoms with Crippen molar-refractivity contribution in [1.82, 2.24) is 0 Å². The van der Waals surface area contributed by atoms with Crippen LogP contribution in [0, 0.1) is 12.8 Å². The molecule has 1 aliphatic rings. The standard InChI is InChI=1S/C13H17NOS/c1-10-4-2-3-5-12(10)14-13(15)11-6-8-16-9-7-11/h2-5,11H,6-9H2,1H3,(H,14,15). The third kappa shape index (κ3) is 2.79. The van der Waals surface area contributed by atoms with Crippen LogP contribution in [0.15, 0.2) is 24.3 Å². The number of rotatable bonds is 2. The molecule has 0 bridgehead atoms. The van der Waals surface area contributed by atoms with Crippen LogP contribution in [-0.2, 0) is 4.79 Å². The molecule has 3 heteroatoms. The molecule has 86 valence electrons. The van der Waals surface area contributed by atoms with Crippen LogP contribution in [0.25, 0.3) is 0 Å². The molecular formula is C13H17NOS. The molecule has 2 rings (SSSR count). The minimum atomic E-state index is 0.189. The van der Waals surface area contributed by atoms with Gasteiger partial charge in [-0.25, -0.2) is 0 Å². The van der Waals surface area contributed by atoms with Gasteiger partial charge in [0.15, 0.2) is 0 Å². The van der Waals surface area contributed by atoms with E-state index in [0.717, 1.165) is 35.6 Å². The third-order valence-electron chi connectivity index (χ3n) is 3.00. The molecule has 16 heavy (non-hydrogen) atoms. The number of hydrogen-bond donors (Lipinski definition) is 1. The fourth-order valence-corrected chi connectivity index (χ4v) is 3.01. The molecule has 1 aliphatic heterocycles. The average Bonchev–Trinajstić information content (AvgIpc) is 2.33. The predicted octanol–water partition coefficient (Wildman–Crippen LogP) is 3.08. The Bertz CT molecular complexity index is 372. The normalized spacial score (nSPS) is 17.1. The van der Waals surface area contributed by atoms with E-state index in [0.29, 0.717) is 0 Å². The number of thioether (sulfide) groups is 1. The minimum absolute atomic E-state index is 0.189. The van der Waals surface area contributed by atoms with E-state index in [2.05, 4.69) is 5.32 Å². The number of para-hydroxylation sites is 1. The Kier molecular flexibility index (Phi) is 3.88. The summed E-state index contributed by atoms with van der Waals surface area (Å²) in [6.07, 6.45) is 2.03. The molecule has 0 unspecified atom stereocenters. The van der Waals surface area contributed by atoms with Gasteiger partial charge in [-0.15, -0.1) is 0 Å². The lowest BCUT2D eigenvalue weighted by Gasteiger charge is -2.21. The van der Waals surface area contributed by atoms with Crippen molar-refractivity contribution in [3.05, 3.63) is 29.8 Å². The number of aryl methyl sites for hydroxylation is 1. The van der Waals surface area contributed by atoms with E-state index in [1.54, 1.807) is 0 Å². The van der Waals surface area contributed by atoms with Gasteiger partial charge in [0.05, 0.1) is 0 Å².